The summed E-state index contributed by atoms with van der Waals surface area (Å²) in [6, 6.07) is 15.7. The summed E-state index contributed by atoms with van der Waals surface area (Å²) in [4.78, 5) is 30.4. The van der Waals surface area contributed by atoms with Gasteiger partial charge in [-0.15, -0.1) is 0 Å². The standard InChI is InChI=1S/C20H18N4O5/c1-28-20(25)15-7-9-16(10-8-15)29-19-17(24(26)27)18(22-13-23-19)21-12-11-14-5-3-2-4-6-14/h2-10,13H,11-12H2,1H3,(H,21,22,23). The van der Waals surface area contributed by atoms with E-state index in [1.807, 2.05) is 30.3 Å². The second-order valence-electron chi connectivity index (χ2n) is 5.91. The number of benzene rings is 2. The summed E-state index contributed by atoms with van der Waals surface area (Å²) in [5, 5.41) is 14.6. The fraction of sp³-hybridized carbons (Fsp3) is 0.150. The van der Waals surface area contributed by atoms with E-state index in [0.29, 0.717) is 18.5 Å². The van der Waals surface area contributed by atoms with E-state index in [9.17, 15) is 14.9 Å². The van der Waals surface area contributed by atoms with Crippen molar-refractivity contribution in [1.82, 2.24) is 9.97 Å². The number of hydrogen-bond donors (Lipinski definition) is 1. The first kappa shape index (κ1) is 19.7. The molecule has 0 amide bonds. The zero-order chi connectivity index (χ0) is 20.6. The van der Waals surface area contributed by atoms with Crippen LogP contribution in [0.4, 0.5) is 11.5 Å². The van der Waals surface area contributed by atoms with Gasteiger partial charge in [-0.1, -0.05) is 30.3 Å². The van der Waals surface area contributed by atoms with E-state index in [1.54, 1.807) is 0 Å². The van der Waals surface area contributed by atoms with E-state index in [0.717, 1.165) is 5.56 Å². The van der Waals surface area contributed by atoms with Gasteiger partial charge in [-0.3, -0.25) is 10.1 Å². The molecule has 0 aliphatic heterocycles. The van der Waals surface area contributed by atoms with E-state index in [1.165, 1.54) is 37.7 Å². The molecule has 0 unspecified atom stereocenters. The first-order valence-electron chi connectivity index (χ1n) is 8.72. The topological polar surface area (TPSA) is 116 Å². The van der Waals surface area contributed by atoms with E-state index in [-0.39, 0.29) is 23.1 Å². The van der Waals surface area contributed by atoms with Gasteiger partial charge in [0.05, 0.1) is 17.6 Å². The molecular weight excluding hydrogens is 376 g/mol. The molecule has 0 aliphatic carbocycles. The number of nitrogens with one attached hydrogen (secondary N) is 1. The lowest BCUT2D eigenvalue weighted by Gasteiger charge is -2.09. The molecule has 0 saturated heterocycles. The highest BCUT2D eigenvalue weighted by atomic mass is 16.6. The number of nitrogens with zero attached hydrogens (tertiary/aromatic N) is 3. The van der Waals surface area contributed by atoms with Crippen LogP contribution in [0, 0.1) is 10.1 Å². The SMILES string of the molecule is COC(=O)c1ccc(Oc2ncnc(NCCc3ccccc3)c2[N+](=O)[O-])cc1. The molecule has 2 aromatic carbocycles. The summed E-state index contributed by atoms with van der Waals surface area (Å²) in [6.45, 7) is 0.454. The van der Waals surface area contributed by atoms with E-state index < -0.39 is 10.9 Å². The number of aromatic nitrogens is 2. The van der Waals surface area contributed by atoms with Crippen molar-refractivity contribution in [3.05, 3.63) is 82.2 Å². The highest BCUT2D eigenvalue weighted by molar-refractivity contribution is 5.89. The number of methoxy groups -OCH3 is 1. The molecule has 0 bridgehead atoms. The molecule has 0 saturated carbocycles. The maximum atomic E-state index is 11.6. The normalized spacial score (nSPS) is 10.2. The molecule has 0 atom stereocenters. The molecule has 148 valence electrons. The smallest absolute Gasteiger partial charge is 0.373 e. The minimum absolute atomic E-state index is 0.0714. The highest BCUT2D eigenvalue weighted by Crippen LogP contribution is 2.34. The van der Waals surface area contributed by atoms with E-state index >= 15 is 0 Å². The third kappa shape index (κ3) is 5.04. The van der Waals surface area contributed by atoms with Crippen LogP contribution in [0.3, 0.4) is 0 Å². The minimum atomic E-state index is -0.594. The van der Waals surface area contributed by atoms with Gasteiger partial charge in [0.15, 0.2) is 0 Å². The van der Waals surface area contributed by atoms with E-state index in [2.05, 4.69) is 20.0 Å². The number of anilines is 1. The van der Waals surface area contributed by atoms with Crippen LogP contribution < -0.4 is 10.1 Å². The van der Waals surface area contributed by atoms with Crippen LogP contribution in [0.5, 0.6) is 11.6 Å². The van der Waals surface area contributed by atoms with Crippen LogP contribution in [0.1, 0.15) is 15.9 Å². The number of rotatable bonds is 8. The van der Waals surface area contributed by atoms with Crippen LogP contribution in [0.2, 0.25) is 0 Å². The molecule has 1 aromatic heterocycles. The molecule has 0 spiro atoms. The predicted octanol–water partition coefficient (Wildman–Crippen LogP) is 3.62. The summed E-state index contributed by atoms with van der Waals surface area (Å²) >= 11 is 0. The highest BCUT2D eigenvalue weighted by Gasteiger charge is 2.25. The fourth-order valence-corrected chi connectivity index (χ4v) is 2.59. The fourth-order valence-electron chi connectivity index (χ4n) is 2.59. The van der Waals surface area contributed by atoms with E-state index in [4.69, 9.17) is 4.74 Å². The summed E-state index contributed by atoms with van der Waals surface area (Å²) < 4.78 is 10.2. The third-order valence-electron chi connectivity index (χ3n) is 4.01. The first-order chi connectivity index (χ1) is 14.1. The predicted molar refractivity (Wildman–Crippen MR) is 105 cm³/mol. The van der Waals surface area contributed by atoms with Crippen molar-refractivity contribution in [2.24, 2.45) is 0 Å². The Bertz CT molecular complexity index is 994. The largest absolute Gasteiger partial charge is 0.465 e. The van der Waals surface area contributed by atoms with Crippen molar-refractivity contribution < 1.29 is 19.2 Å². The second-order valence-corrected chi connectivity index (χ2v) is 5.91. The molecule has 3 rings (SSSR count). The maximum Gasteiger partial charge on any atom is 0.373 e. The molecule has 0 fully saturated rings. The van der Waals surface area contributed by atoms with Crippen molar-refractivity contribution in [2.75, 3.05) is 19.0 Å². The number of esters is 1. The van der Waals surface area contributed by atoms with Crippen molar-refractivity contribution in [2.45, 2.75) is 6.42 Å². The Morgan fingerprint density at radius 1 is 1.10 bits per heavy atom. The van der Waals surface area contributed by atoms with Crippen LogP contribution >= 0.6 is 0 Å². The Morgan fingerprint density at radius 2 is 1.83 bits per heavy atom. The lowest BCUT2D eigenvalue weighted by atomic mass is 10.1. The van der Waals surface area contributed by atoms with Crippen LogP contribution in [-0.4, -0.2) is 34.5 Å². The molecule has 29 heavy (non-hydrogen) atoms. The number of hydrogen-bond acceptors (Lipinski definition) is 8. The Morgan fingerprint density at radius 3 is 2.48 bits per heavy atom. The van der Waals surface area contributed by atoms with Gasteiger partial charge < -0.3 is 14.8 Å². The van der Waals surface area contributed by atoms with Crippen molar-refractivity contribution in [3.8, 4) is 11.6 Å². The number of carbonyl (C=O) groups is 1. The van der Waals surface area contributed by atoms with Gasteiger partial charge in [0.1, 0.15) is 12.1 Å². The minimum Gasteiger partial charge on any atom is -0.465 e. The molecular formula is C20H18N4O5. The van der Waals surface area contributed by atoms with Gasteiger partial charge in [0.25, 0.3) is 0 Å². The second kappa shape index (κ2) is 9.27. The molecule has 3 aromatic rings. The van der Waals surface area contributed by atoms with Crippen LogP contribution in [0.25, 0.3) is 0 Å². The Hall–Kier alpha value is -4.01. The van der Waals surface area contributed by atoms with Gasteiger partial charge >= 0.3 is 17.5 Å². The average molecular weight is 394 g/mol. The summed E-state index contributed by atoms with van der Waals surface area (Å²) in [5.41, 5.74) is 1.07. The zero-order valence-corrected chi connectivity index (χ0v) is 15.6. The van der Waals surface area contributed by atoms with Crippen molar-refractivity contribution in [1.29, 1.82) is 0 Å². The van der Waals surface area contributed by atoms with Crippen molar-refractivity contribution in [3.63, 3.8) is 0 Å². The third-order valence-corrected chi connectivity index (χ3v) is 4.01. The summed E-state index contributed by atoms with van der Waals surface area (Å²) in [6.07, 6.45) is 1.86. The number of carbonyl (C=O) groups excluding carboxylic acids is 1. The molecule has 0 aliphatic rings. The van der Waals surface area contributed by atoms with Crippen LogP contribution in [0.15, 0.2) is 60.9 Å². The molecule has 0 radical (unpaired) electrons. The first-order valence-corrected chi connectivity index (χ1v) is 8.72. The molecule has 1 heterocycles. The monoisotopic (exact) mass is 394 g/mol. The molecule has 9 nitrogen and oxygen atoms in total. The zero-order valence-electron chi connectivity index (χ0n) is 15.6. The van der Waals surface area contributed by atoms with Gasteiger partial charge in [-0.25, -0.2) is 9.78 Å². The quantitative estimate of drug-likeness (QED) is 0.350. The van der Waals surface area contributed by atoms with Gasteiger partial charge in [-0.2, -0.15) is 4.98 Å². The molecule has 1 N–H and O–H groups in total. The Kier molecular flexibility index (Phi) is 6.31. The number of nitro groups is 1. The van der Waals surface area contributed by atoms with Gasteiger partial charge in [0.2, 0.25) is 5.82 Å². The average Bonchev–Trinajstić information content (AvgIpc) is 2.74. The lowest BCUT2D eigenvalue weighted by Crippen LogP contribution is -2.10. The summed E-state index contributed by atoms with van der Waals surface area (Å²) in [5.74, 6) is -0.329. The van der Waals surface area contributed by atoms with Crippen molar-refractivity contribution >= 4 is 17.5 Å². The molecule has 9 heteroatoms. The maximum absolute atomic E-state index is 11.6. The summed E-state index contributed by atoms with van der Waals surface area (Å²) in [7, 11) is 1.28. The van der Waals surface area contributed by atoms with Gasteiger partial charge in [0, 0.05) is 6.54 Å². The lowest BCUT2D eigenvalue weighted by molar-refractivity contribution is -0.385. The Labute approximate surface area is 166 Å². The number of ether oxygens (including phenoxy) is 2. The Balaban J connectivity index is 1.76. The van der Waals surface area contributed by atoms with Gasteiger partial charge in [-0.05, 0) is 36.2 Å². The van der Waals surface area contributed by atoms with Crippen LogP contribution in [-0.2, 0) is 11.2 Å².